The Balaban J connectivity index is 0.000000371. The van der Waals surface area contributed by atoms with E-state index in [4.69, 9.17) is 24.4 Å². The molecule has 0 aromatic heterocycles. The van der Waals surface area contributed by atoms with Gasteiger partial charge in [0, 0.05) is 6.61 Å². The summed E-state index contributed by atoms with van der Waals surface area (Å²) in [6.07, 6.45) is 31.5. The molecule has 1 heterocycles. The number of epoxide rings is 1. The van der Waals surface area contributed by atoms with Gasteiger partial charge < -0.3 is 24.4 Å². The molecule has 53 heavy (non-hydrogen) atoms. The number of hydrogen-bond acceptors (Lipinski definition) is 7. The van der Waals surface area contributed by atoms with Gasteiger partial charge in [-0.2, -0.15) is 0 Å². The van der Waals surface area contributed by atoms with Gasteiger partial charge in [-0.15, -0.1) is 0 Å². The minimum Gasteiger partial charge on any atom is -0.481 e. The molecule has 8 atom stereocenters. The summed E-state index contributed by atoms with van der Waals surface area (Å²) in [5.74, 6) is 1.13. The van der Waals surface area contributed by atoms with Crippen LogP contribution in [-0.4, -0.2) is 60.1 Å². The molecule has 1 saturated carbocycles. The molecule has 0 aromatic carbocycles. The van der Waals surface area contributed by atoms with Gasteiger partial charge in [-0.25, -0.2) is 0 Å². The lowest BCUT2D eigenvalue weighted by Gasteiger charge is -2.20. The van der Waals surface area contributed by atoms with Gasteiger partial charge in [-0.3, -0.25) is 14.4 Å². The van der Waals surface area contributed by atoms with E-state index in [0.717, 1.165) is 77.0 Å². The van der Waals surface area contributed by atoms with Crippen molar-refractivity contribution in [3.8, 4) is 0 Å². The highest BCUT2D eigenvalue weighted by Crippen LogP contribution is 2.40. The Morgan fingerprint density at radius 1 is 0.623 bits per heavy atom. The molecule has 4 aliphatic rings. The molecule has 0 aromatic rings. The van der Waals surface area contributed by atoms with Gasteiger partial charge in [0.25, 0.3) is 0 Å². The number of aliphatic carboxylic acids is 1. The van der Waals surface area contributed by atoms with Gasteiger partial charge in [0.2, 0.25) is 0 Å². The highest BCUT2D eigenvalue weighted by Gasteiger charge is 2.46. The molecule has 0 bridgehead atoms. The smallest absolute Gasteiger partial charge is 0.309 e. The summed E-state index contributed by atoms with van der Waals surface area (Å²) < 4.78 is 16.4. The number of ether oxygens (including phenoxy) is 3. The van der Waals surface area contributed by atoms with Gasteiger partial charge in [0.15, 0.2) is 0 Å². The van der Waals surface area contributed by atoms with Crippen LogP contribution in [0.15, 0.2) is 24.3 Å². The van der Waals surface area contributed by atoms with Crippen molar-refractivity contribution in [2.75, 3.05) is 19.8 Å². The largest absolute Gasteiger partial charge is 0.481 e. The molecule has 4 rings (SSSR count). The lowest BCUT2D eigenvalue weighted by atomic mass is 9.89. The number of carboxylic acids is 1. The second-order valence-electron chi connectivity index (χ2n) is 15.7. The Bertz CT molecular complexity index is 1000. The molecular weight excluding hydrogens is 668 g/mol. The van der Waals surface area contributed by atoms with Crippen LogP contribution in [0.5, 0.6) is 0 Å². The van der Waals surface area contributed by atoms with Crippen LogP contribution in [0.4, 0.5) is 0 Å². The van der Waals surface area contributed by atoms with Crippen molar-refractivity contribution in [1.82, 2.24) is 0 Å². The van der Waals surface area contributed by atoms with Crippen molar-refractivity contribution in [2.24, 2.45) is 35.5 Å². The van der Waals surface area contributed by atoms with Gasteiger partial charge in [-0.1, -0.05) is 124 Å². The first-order chi connectivity index (χ1) is 25.7. The zero-order valence-corrected chi connectivity index (χ0v) is 34.7. The molecule has 8 nitrogen and oxygen atoms in total. The fourth-order valence-corrected chi connectivity index (χ4v) is 6.99. The standard InChI is InChI=1S/C15H26O3.C15H26O2.C8H18O.C7H10O2/c1-3-5-6-11(4-2)10-17-15(16)12-7-8-13-14(9-12)18-13;1-3-5-9-13(4-2)12-17-15(16)14-10-7-6-8-11-14;1-3-5-6-8(4-2)7-9;8-7(9)6-4-2-1-3-5-6/h11-14H,3-10H2,1-2H3;6-7,13-14H,3-5,8-12H2,1-2H3;8-9H,3-7H2,1-2H3;1-2,6H,3-5H2,(H,8,9). The Kier molecular flexibility index (Phi) is 28.6. The van der Waals surface area contributed by atoms with Gasteiger partial charge >= 0.3 is 17.9 Å². The first kappa shape index (κ1) is 48.8. The predicted molar refractivity (Wildman–Crippen MR) is 216 cm³/mol. The Morgan fingerprint density at radius 3 is 1.47 bits per heavy atom. The van der Waals surface area contributed by atoms with Crippen LogP contribution in [0.1, 0.15) is 176 Å². The van der Waals surface area contributed by atoms with E-state index in [0.29, 0.717) is 49.8 Å². The molecule has 8 heteroatoms. The van der Waals surface area contributed by atoms with Crippen LogP contribution in [0, 0.1) is 35.5 Å². The van der Waals surface area contributed by atoms with Crippen LogP contribution in [-0.2, 0) is 28.6 Å². The van der Waals surface area contributed by atoms with E-state index in [2.05, 4.69) is 53.7 Å². The van der Waals surface area contributed by atoms with Crippen molar-refractivity contribution in [3.05, 3.63) is 24.3 Å². The fourth-order valence-electron chi connectivity index (χ4n) is 6.99. The predicted octanol–water partition coefficient (Wildman–Crippen LogP) is 11.0. The Morgan fingerprint density at radius 2 is 1.09 bits per heavy atom. The van der Waals surface area contributed by atoms with Crippen molar-refractivity contribution >= 4 is 17.9 Å². The van der Waals surface area contributed by atoms with E-state index in [1.165, 1.54) is 57.8 Å². The van der Waals surface area contributed by atoms with E-state index < -0.39 is 5.97 Å². The van der Waals surface area contributed by atoms with Crippen molar-refractivity contribution < 1.29 is 38.8 Å². The summed E-state index contributed by atoms with van der Waals surface area (Å²) >= 11 is 0. The number of unbranched alkanes of at least 4 members (excludes halogenated alkanes) is 3. The van der Waals surface area contributed by atoms with Crippen molar-refractivity contribution in [3.63, 3.8) is 0 Å². The first-order valence-electron chi connectivity index (χ1n) is 21.8. The molecule has 8 unspecified atom stereocenters. The van der Waals surface area contributed by atoms with E-state index in [1.54, 1.807) is 0 Å². The monoisotopic (exact) mass is 749 g/mol. The van der Waals surface area contributed by atoms with Gasteiger partial charge in [-0.05, 0) is 94.8 Å². The summed E-state index contributed by atoms with van der Waals surface area (Å²) in [6, 6.07) is 0. The zero-order valence-electron chi connectivity index (χ0n) is 34.7. The number of hydrogen-bond donors (Lipinski definition) is 2. The second kappa shape index (κ2) is 31.1. The number of fused-ring (bicyclic) bond motifs is 1. The molecular formula is C45H80O8. The quantitative estimate of drug-likeness (QED) is 0.0717. The highest BCUT2D eigenvalue weighted by molar-refractivity contribution is 5.73. The van der Waals surface area contributed by atoms with Crippen LogP contribution in [0.3, 0.4) is 0 Å². The molecule has 0 amide bonds. The minimum absolute atomic E-state index is 0.0129. The van der Waals surface area contributed by atoms with E-state index >= 15 is 0 Å². The van der Waals surface area contributed by atoms with Gasteiger partial charge in [0.05, 0.1) is 43.2 Å². The lowest BCUT2D eigenvalue weighted by Crippen LogP contribution is -2.25. The number of allylic oxidation sites excluding steroid dienone is 4. The number of carbonyl (C=O) groups excluding carboxylic acids is 2. The average Bonchev–Trinajstić information content (AvgIpc) is 3.99. The summed E-state index contributed by atoms with van der Waals surface area (Å²) in [5, 5.41) is 17.3. The number of rotatable bonds is 20. The third kappa shape index (κ3) is 22.7. The number of carbonyl (C=O) groups is 3. The highest BCUT2D eigenvalue weighted by atomic mass is 16.6. The van der Waals surface area contributed by atoms with E-state index in [9.17, 15) is 14.4 Å². The maximum atomic E-state index is 12.0. The van der Waals surface area contributed by atoms with Crippen molar-refractivity contribution in [2.45, 2.75) is 189 Å². The third-order valence-corrected chi connectivity index (χ3v) is 11.4. The van der Waals surface area contributed by atoms with Crippen LogP contribution in [0.2, 0.25) is 0 Å². The first-order valence-corrected chi connectivity index (χ1v) is 21.8. The average molecular weight is 749 g/mol. The fraction of sp³-hybridized carbons (Fsp3) is 0.844. The van der Waals surface area contributed by atoms with Crippen LogP contribution in [0.25, 0.3) is 0 Å². The summed E-state index contributed by atoms with van der Waals surface area (Å²) in [6.45, 7) is 14.7. The topological polar surface area (TPSA) is 123 Å². The van der Waals surface area contributed by atoms with Crippen molar-refractivity contribution in [1.29, 1.82) is 0 Å². The normalized spacial score (nSPS) is 24.2. The lowest BCUT2D eigenvalue weighted by molar-refractivity contribution is -0.151. The van der Waals surface area contributed by atoms with Crippen LogP contribution >= 0.6 is 0 Å². The Labute approximate surface area is 324 Å². The molecule has 0 radical (unpaired) electrons. The molecule has 2 N–H and O–H groups in total. The summed E-state index contributed by atoms with van der Waals surface area (Å²) in [5.41, 5.74) is 0. The summed E-state index contributed by atoms with van der Waals surface area (Å²) in [4.78, 5) is 34.1. The molecule has 0 spiro atoms. The number of aliphatic hydroxyl groups is 1. The molecule has 1 saturated heterocycles. The number of esters is 2. The third-order valence-electron chi connectivity index (χ3n) is 11.4. The SMILES string of the molecule is CCCCC(CC)CO.CCCCC(CC)COC(=O)C1CC=CCC1.CCCCC(CC)COC(=O)C1CCC2OC2C1.O=C(O)C1CC=CCC1. The van der Waals surface area contributed by atoms with Gasteiger partial charge in [0.1, 0.15) is 0 Å². The second-order valence-corrected chi connectivity index (χ2v) is 15.7. The number of aliphatic hydroxyl groups excluding tert-OH is 1. The molecule has 3 aliphatic carbocycles. The molecule has 1 aliphatic heterocycles. The van der Waals surface area contributed by atoms with Crippen LogP contribution < -0.4 is 0 Å². The van der Waals surface area contributed by atoms with E-state index in [-0.39, 0.29) is 29.7 Å². The zero-order chi connectivity index (χ0) is 39.3. The van der Waals surface area contributed by atoms with E-state index in [1.807, 2.05) is 12.2 Å². The Hall–Kier alpha value is -2.19. The maximum Gasteiger partial charge on any atom is 0.309 e. The maximum absolute atomic E-state index is 12.0. The number of carboxylic acid groups (broad SMARTS) is 1. The molecule has 308 valence electrons. The summed E-state index contributed by atoms with van der Waals surface area (Å²) in [7, 11) is 0. The molecule has 2 fully saturated rings. The minimum atomic E-state index is -0.653.